The normalized spacial score (nSPS) is 38.1. The van der Waals surface area contributed by atoms with Crippen molar-refractivity contribution in [3.8, 4) is 5.75 Å². The van der Waals surface area contributed by atoms with Gasteiger partial charge in [-0.1, -0.05) is 6.04 Å². The van der Waals surface area contributed by atoms with Gasteiger partial charge in [0.05, 0.1) is 16.1 Å². The third kappa shape index (κ3) is 2.66. The lowest BCUT2D eigenvalue weighted by Gasteiger charge is -2.11. The van der Waals surface area contributed by atoms with Crippen molar-refractivity contribution in [1.82, 2.24) is 5.31 Å². The Morgan fingerprint density at radius 2 is 2.50 bits per heavy atom. The minimum Gasteiger partial charge on any atom is -0.490 e. The molecular weight excluding hydrogens is 206 g/mol. The predicted molar refractivity (Wildman–Crippen MR) is 59.7 cm³/mol. The monoisotopic (exact) mass is 235 g/mol. The SMILES string of the molecule is [2H]c1c(OC([2H])([2H])C2OC(=O)N([2H])C2([2H])[2H])c([2H])c(C([2H])([2H])[2H])c([2H])c1C([2H])([2H])[2H]. The summed E-state index contributed by atoms with van der Waals surface area (Å²) in [6.07, 6.45) is -3.96. The third-order valence-corrected chi connectivity index (χ3v) is 1.49. The van der Waals surface area contributed by atoms with Crippen LogP contribution in [0.15, 0.2) is 18.1 Å². The molecule has 1 atom stereocenters. The first-order chi connectivity index (χ1) is 13.2. The summed E-state index contributed by atoms with van der Waals surface area (Å²) in [5, 5.41) is -0.295. The van der Waals surface area contributed by atoms with Crippen LogP contribution in [0.25, 0.3) is 0 Å². The van der Waals surface area contributed by atoms with E-state index in [2.05, 4.69) is 4.74 Å². The fourth-order valence-electron chi connectivity index (χ4n) is 0.925. The zero-order chi connectivity index (χ0) is 23.6. The second-order valence-corrected chi connectivity index (χ2v) is 2.68. The largest absolute Gasteiger partial charge is 0.490 e. The minimum atomic E-state index is -3.36. The van der Waals surface area contributed by atoms with E-state index in [-0.39, 0.29) is 5.31 Å². The number of ether oxygens (including phenoxy) is 2. The molecule has 1 heterocycles. The highest BCUT2D eigenvalue weighted by molar-refractivity contribution is 5.69. The zero-order valence-electron chi connectivity index (χ0n) is 21.7. The van der Waals surface area contributed by atoms with Crippen LogP contribution in [0.3, 0.4) is 0 Å². The summed E-state index contributed by atoms with van der Waals surface area (Å²) in [6.45, 7) is -12.8. The Kier molecular flexibility index (Phi) is 0.814. The highest BCUT2D eigenvalue weighted by Gasteiger charge is 2.22. The van der Waals surface area contributed by atoms with Crippen LogP contribution in [0.5, 0.6) is 5.75 Å². The molecule has 0 saturated carbocycles. The highest BCUT2D eigenvalue weighted by Crippen LogP contribution is 2.16. The molecule has 1 aromatic rings. The summed E-state index contributed by atoms with van der Waals surface area (Å²) in [5.74, 6) is -1.19. The van der Waals surface area contributed by atoms with E-state index in [9.17, 15) is 4.79 Å². The minimum absolute atomic E-state index is 0.295. The molecule has 0 aromatic heterocycles. The van der Waals surface area contributed by atoms with Crippen molar-refractivity contribution in [3.63, 3.8) is 0 Å². The number of alkyl carbamates (subject to hydrolysis) is 1. The van der Waals surface area contributed by atoms with Gasteiger partial charge in [-0.3, -0.25) is 0 Å². The molecule has 1 unspecified atom stereocenters. The van der Waals surface area contributed by atoms with E-state index in [0.717, 1.165) is 0 Å². The number of hydrogen-bond acceptors (Lipinski definition) is 3. The maximum Gasteiger partial charge on any atom is 0.407 e. The molecule has 4 nitrogen and oxygen atoms in total. The van der Waals surface area contributed by atoms with Crippen LogP contribution in [0.4, 0.5) is 4.79 Å². The molecule has 0 bridgehead atoms. The first-order valence-electron chi connectivity index (χ1n) is 11.0. The van der Waals surface area contributed by atoms with Gasteiger partial charge in [0.2, 0.25) is 0 Å². The molecule has 1 fully saturated rings. The van der Waals surface area contributed by atoms with Gasteiger partial charge in [-0.15, -0.1) is 0 Å². The lowest BCUT2D eigenvalue weighted by molar-refractivity contribution is 0.105. The van der Waals surface area contributed by atoms with Gasteiger partial charge in [-0.05, 0) is 36.9 Å². The Hall–Kier alpha value is -1.71. The summed E-state index contributed by atoms with van der Waals surface area (Å²) in [4.78, 5) is 11.5. The van der Waals surface area contributed by atoms with E-state index in [4.69, 9.17) is 24.0 Å². The van der Waals surface area contributed by atoms with Gasteiger partial charge in [0.15, 0.2) is 7.52 Å². The van der Waals surface area contributed by atoms with Crippen LogP contribution < -0.4 is 10.0 Å². The summed E-state index contributed by atoms with van der Waals surface area (Å²) in [7, 11) is 0. The fraction of sp³-hybridized carbons (Fsp3) is 0.417. The van der Waals surface area contributed by atoms with Crippen molar-refractivity contribution in [2.24, 2.45) is 0 Å². The van der Waals surface area contributed by atoms with Crippen molar-refractivity contribution in [2.75, 3.05) is 13.1 Å². The summed E-state index contributed by atoms with van der Waals surface area (Å²) in [6, 6.07) is -3.47. The van der Waals surface area contributed by atoms with Gasteiger partial charge < -0.3 is 14.8 Å². The standard InChI is InChI=1S/C12H15NO3/c1-8-3-9(2)5-10(4-8)15-7-11-6-13-12(14)16-11/h3-5,11H,6-7H2,1-2H3,(H,13,14)/i1D3,2D3,3D,4D,5D,6D2,7D2/hD. The van der Waals surface area contributed by atoms with Gasteiger partial charge in [0.25, 0.3) is 0 Å². The molecule has 0 aliphatic carbocycles. The number of carbonyl (C=O) groups is 1. The molecule has 16 heavy (non-hydrogen) atoms. The maximum absolute atomic E-state index is 11.5. The van der Waals surface area contributed by atoms with Crippen molar-refractivity contribution in [3.05, 3.63) is 29.3 Å². The Morgan fingerprint density at radius 1 is 1.75 bits per heavy atom. The van der Waals surface area contributed by atoms with Crippen molar-refractivity contribution in [1.29, 1.82) is 0 Å². The van der Waals surface area contributed by atoms with E-state index >= 15 is 0 Å². The van der Waals surface area contributed by atoms with Crippen LogP contribution in [0, 0.1) is 13.7 Å². The quantitative estimate of drug-likeness (QED) is 0.869. The summed E-state index contributed by atoms with van der Waals surface area (Å²) >= 11 is 0. The lowest BCUT2D eigenvalue weighted by Crippen LogP contribution is -2.21. The maximum atomic E-state index is 11.5. The first-order valence-corrected chi connectivity index (χ1v) is 4.08. The number of nitrogens with one attached hydrogen (secondary N) is 1. The molecule has 86 valence electrons. The number of hydrogen-bond donors (Lipinski definition) is 1. The third-order valence-electron chi connectivity index (χ3n) is 1.49. The predicted octanol–water partition coefficient (Wildman–Crippen LogP) is 1.79. The van der Waals surface area contributed by atoms with E-state index in [1.165, 1.54) is 0 Å². The molecule has 2 rings (SSSR count). The van der Waals surface area contributed by atoms with Gasteiger partial charge in [0.1, 0.15) is 12.3 Å². The van der Waals surface area contributed by atoms with E-state index in [1.54, 1.807) is 0 Å². The second kappa shape index (κ2) is 4.43. The molecule has 0 radical (unpaired) electrons. The Morgan fingerprint density at radius 3 is 3.06 bits per heavy atom. The lowest BCUT2D eigenvalue weighted by atomic mass is 10.1. The molecular formula is C12H15NO3. The fourth-order valence-corrected chi connectivity index (χ4v) is 0.925. The van der Waals surface area contributed by atoms with Crippen molar-refractivity contribution in [2.45, 2.75) is 19.8 Å². The van der Waals surface area contributed by atoms with Crippen LogP contribution in [-0.2, 0) is 4.74 Å². The number of rotatable bonds is 3. The topological polar surface area (TPSA) is 47.6 Å². The van der Waals surface area contributed by atoms with E-state index < -0.39 is 74.0 Å². The molecule has 1 amide bonds. The van der Waals surface area contributed by atoms with Crippen LogP contribution in [0.2, 0.25) is 1.41 Å². The van der Waals surface area contributed by atoms with Gasteiger partial charge >= 0.3 is 6.09 Å². The summed E-state index contributed by atoms with van der Waals surface area (Å²) < 4.78 is 116. The highest BCUT2D eigenvalue weighted by atomic mass is 16.6. The Balaban J connectivity index is 2.72. The molecule has 1 N–H and O–H groups in total. The van der Waals surface area contributed by atoms with E-state index in [1.807, 2.05) is 0 Å². The number of amides is 1. The van der Waals surface area contributed by atoms with Crippen molar-refractivity contribution >= 4 is 6.09 Å². The van der Waals surface area contributed by atoms with Crippen LogP contribution >= 0.6 is 0 Å². The number of cyclic esters (lactones) is 1. The van der Waals surface area contributed by atoms with Crippen LogP contribution in [-0.4, -0.2) is 25.3 Å². The van der Waals surface area contributed by atoms with Crippen molar-refractivity contribution < 1.29 is 33.5 Å². The average Bonchev–Trinajstić information content (AvgIpc) is 2.72. The Labute approximate surface area is 114 Å². The van der Waals surface area contributed by atoms with Gasteiger partial charge in [-0.25, -0.2) is 4.79 Å². The number of benzene rings is 1. The molecule has 1 aromatic carbocycles. The molecule has 1 aliphatic heterocycles. The Bertz CT molecular complexity index is 835. The smallest absolute Gasteiger partial charge is 0.407 e. The van der Waals surface area contributed by atoms with Crippen LogP contribution in [0.1, 0.15) is 28.9 Å². The molecule has 1 aliphatic rings. The van der Waals surface area contributed by atoms with Gasteiger partial charge in [-0.2, -0.15) is 0 Å². The average molecular weight is 235 g/mol. The second-order valence-electron chi connectivity index (χ2n) is 2.68. The molecule has 0 spiro atoms. The summed E-state index contributed by atoms with van der Waals surface area (Å²) in [5.41, 5.74) is -2.21. The first kappa shape index (κ1) is 2.94. The molecule has 4 heteroatoms. The number of carbonyl (C=O) groups excluding carboxylic acids is 1. The zero-order valence-corrected chi connectivity index (χ0v) is 7.75. The van der Waals surface area contributed by atoms with E-state index in [0.29, 0.717) is 0 Å². The molecule has 1 saturated heterocycles. The van der Waals surface area contributed by atoms with Gasteiger partial charge in [0, 0.05) is 8.22 Å².